The van der Waals surface area contributed by atoms with E-state index in [0.29, 0.717) is 23.7 Å². The molecule has 19 heavy (non-hydrogen) atoms. The van der Waals surface area contributed by atoms with Crippen LogP contribution in [0.3, 0.4) is 0 Å². The number of benzene rings is 1. The molecule has 0 aliphatic carbocycles. The SMILES string of the molecule is COC(=O)c1cc(OC2CCCCO2)ccc1OC. The Bertz CT molecular complexity index is 437. The largest absolute Gasteiger partial charge is 0.496 e. The summed E-state index contributed by atoms with van der Waals surface area (Å²) in [5.74, 6) is 0.587. The average molecular weight is 266 g/mol. The summed E-state index contributed by atoms with van der Waals surface area (Å²) in [7, 11) is 2.84. The fraction of sp³-hybridized carbons (Fsp3) is 0.500. The number of hydrogen-bond donors (Lipinski definition) is 0. The van der Waals surface area contributed by atoms with E-state index in [2.05, 4.69) is 0 Å². The molecular weight excluding hydrogens is 248 g/mol. The minimum Gasteiger partial charge on any atom is -0.496 e. The molecule has 2 rings (SSSR count). The second kappa shape index (κ2) is 6.43. The zero-order chi connectivity index (χ0) is 13.7. The number of hydrogen-bond acceptors (Lipinski definition) is 5. The monoisotopic (exact) mass is 266 g/mol. The fourth-order valence-corrected chi connectivity index (χ4v) is 1.99. The first kappa shape index (κ1) is 13.7. The molecule has 0 spiro atoms. The highest BCUT2D eigenvalue weighted by molar-refractivity contribution is 5.92. The van der Waals surface area contributed by atoms with Gasteiger partial charge < -0.3 is 18.9 Å². The molecule has 5 nitrogen and oxygen atoms in total. The number of methoxy groups -OCH3 is 2. The van der Waals surface area contributed by atoms with E-state index in [4.69, 9.17) is 18.9 Å². The van der Waals surface area contributed by atoms with E-state index in [9.17, 15) is 4.79 Å². The van der Waals surface area contributed by atoms with Gasteiger partial charge in [-0.05, 0) is 31.0 Å². The highest BCUT2D eigenvalue weighted by Gasteiger charge is 2.18. The third-order valence-corrected chi connectivity index (χ3v) is 2.98. The molecule has 0 radical (unpaired) electrons. The predicted molar refractivity (Wildman–Crippen MR) is 68.6 cm³/mol. The molecule has 1 aromatic carbocycles. The van der Waals surface area contributed by atoms with Gasteiger partial charge >= 0.3 is 5.97 Å². The lowest BCUT2D eigenvalue weighted by Gasteiger charge is -2.23. The Labute approximate surface area is 112 Å². The van der Waals surface area contributed by atoms with Gasteiger partial charge in [-0.15, -0.1) is 0 Å². The molecule has 1 unspecified atom stereocenters. The molecule has 1 aliphatic rings. The van der Waals surface area contributed by atoms with Gasteiger partial charge in [0.15, 0.2) is 6.29 Å². The van der Waals surface area contributed by atoms with Crippen molar-refractivity contribution in [3.8, 4) is 11.5 Å². The van der Waals surface area contributed by atoms with Crippen LogP contribution in [0.25, 0.3) is 0 Å². The summed E-state index contributed by atoms with van der Waals surface area (Å²) in [5, 5.41) is 0. The van der Waals surface area contributed by atoms with Crippen molar-refractivity contribution in [2.45, 2.75) is 25.6 Å². The smallest absolute Gasteiger partial charge is 0.341 e. The number of carbonyl (C=O) groups is 1. The lowest BCUT2D eigenvalue weighted by Crippen LogP contribution is -2.25. The fourth-order valence-electron chi connectivity index (χ4n) is 1.99. The Kier molecular flexibility index (Phi) is 4.63. The third kappa shape index (κ3) is 3.38. The maximum atomic E-state index is 11.6. The van der Waals surface area contributed by atoms with Gasteiger partial charge in [0.05, 0.1) is 20.8 Å². The summed E-state index contributed by atoms with van der Waals surface area (Å²) in [6.45, 7) is 0.713. The normalized spacial score (nSPS) is 18.7. The van der Waals surface area contributed by atoms with Gasteiger partial charge in [0.2, 0.25) is 0 Å². The maximum Gasteiger partial charge on any atom is 0.341 e. The van der Waals surface area contributed by atoms with Crippen molar-refractivity contribution in [2.24, 2.45) is 0 Å². The average Bonchev–Trinajstić information content (AvgIpc) is 2.47. The molecule has 0 bridgehead atoms. The quantitative estimate of drug-likeness (QED) is 0.783. The van der Waals surface area contributed by atoms with Gasteiger partial charge in [0, 0.05) is 6.42 Å². The molecule has 104 valence electrons. The van der Waals surface area contributed by atoms with Crippen LogP contribution in [0.5, 0.6) is 11.5 Å². The van der Waals surface area contributed by atoms with Crippen LogP contribution in [0, 0.1) is 0 Å². The lowest BCUT2D eigenvalue weighted by molar-refractivity contribution is -0.105. The molecule has 1 aliphatic heterocycles. The summed E-state index contributed by atoms with van der Waals surface area (Å²) in [4.78, 5) is 11.6. The molecule has 0 amide bonds. The van der Waals surface area contributed by atoms with Crippen molar-refractivity contribution in [3.63, 3.8) is 0 Å². The topological polar surface area (TPSA) is 54.0 Å². The second-order valence-electron chi connectivity index (χ2n) is 4.27. The molecule has 1 fully saturated rings. The van der Waals surface area contributed by atoms with Crippen LogP contribution in [-0.2, 0) is 9.47 Å². The first-order chi connectivity index (χ1) is 9.24. The summed E-state index contributed by atoms with van der Waals surface area (Å²) in [6.07, 6.45) is 2.77. The van der Waals surface area contributed by atoms with Crippen LogP contribution in [0.15, 0.2) is 18.2 Å². The van der Waals surface area contributed by atoms with Crippen molar-refractivity contribution in [1.29, 1.82) is 0 Å². The summed E-state index contributed by atoms with van der Waals surface area (Å²) < 4.78 is 21.0. The van der Waals surface area contributed by atoms with E-state index in [0.717, 1.165) is 19.3 Å². The molecule has 1 aromatic rings. The first-order valence-electron chi connectivity index (χ1n) is 6.29. The molecule has 0 aromatic heterocycles. The van der Waals surface area contributed by atoms with Crippen molar-refractivity contribution >= 4 is 5.97 Å². The van der Waals surface area contributed by atoms with E-state index >= 15 is 0 Å². The van der Waals surface area contributed by atoms with Gasteiger partial charge in [-0.25, -0.2) is 4.79 Å². The molecule has 1 saturated heterocycles. The van der Waals surface area contributed by atoms with Crippen molar-refractivity contribution in [2.75, 3.05) is 20.8 Å². The van der Waals surface area contributed by atoms with Crippen LogP contribution in [-0.4, -0.2) is 33.1 Å². The van der Waals surface area contributed by atoms with Gasteiger partial charge in [0.25, 0.3) is 0 Å². The van der Waals surface area contributed by atoms with Crippen molar-refractivity contribution in [3.05, 3.63) is 23.8 Å². The van der Waals surface area contributed by atoms with Crippen LogP contribution in [0.2, 0.25) is 0 Å². The van der Waals surface area contributed by atoms with E-state index < -0.39 is 5.97 Å². The van der Waals surface area contributed by atoms with Gasteiger partial charge in [0.1, 0.15) is 17.1 Å². The van der Waals surface area contributed by atoms with E-state index in [-0.39, 0.29) is 6.29 Å². The molecule has 0 N–H and O–H groups in total. The molecule has 5 heteroatoms. The van der Waals surface area contributed by atoms with Gasteiger partial charge in [-0.3, -0.25) is 0 Å². The van der Waals surface area contributed by atoms with Crippen LogP contribution < -0.4 is 9.47 Å². The molecule has 0 saturated carbocycles. The Hall–Kier alpha value is -1.75. The first-order valence-corrected chi connectivity index (χ1v) is 6.29. The van der Waals surface area contributed by atoms with Crippen LogP contribution in [0.4, 0.5) is 0 Å². The Morgan fingerprint density at radius 3 is 2.79 bits per heavy atom. The molecule has 1 heterocycles. The van der Waals surface area contributed by atoms with E-state index in [1.807, 2.05) is 0 Å². The van der Waals surface area contributed by atoms with Crippen LogP contribution in [0.1, 0.15) is 29.6 Å². The molecular formula is C14H18O5. The number of esters is 1. The Morgan fingerprint density at radius 1 is 1.32 bits per heavy atom. The standard InChI is InChI=1S/C14H18O5/c1-16-12-7-6-10(9-11(12)14(15)17-2)19-13-5-3-4-8-18-13/h6-7,9,13H,3-5,8H2,1-2H3. The van der Waals surface area contributed by atoms with Gasteiger partial charge in [-0.2, -0.15) is 0 Å². The zero-order valence-corrected chi connectivity index (χ0v) is 11.2. The number of carbonyl (C=O) groups excluding carboxylic acids is 1. The zero-order valence-electron chi connectivity index (χ0n) is 11.2. The predicted octanol–water partition coefficient (Wildman–Crippen LogP) is 2.39. The highest BCUT2D eigenvalue weighted by Crippen LogP contribution is 2.26. The Balaban J connectivity index is 2.14. The summed E-state index contributed by atoms with van der Waals surface area (Å²) in [5.41, 5.74) is 0.346. The number of ether oxygens (including phenoxy) is 4. The van der Waals surface area contributed by atoms with Crippen LogP contribution >= 0.6 is 0 Å². The summed E-state index contributed by atoms with van der Waals surface area (Å²) in [6, 6.07) is 5.05. The maximum absolute atomic E-state index is 11.6. The van der Waals surface area contributed by atoms with E-state index in [1.165, 1.54) is 14.2 Å². The summed E-state index contributed by atoms with van der Waals surface area (Å²) >= 11 is 0. The van der Waals surface area contributed by atoms with E-state index in [1.54, 1.807) is 18.2 Å². The second-order valence-corrected chi connectivity index (χ2v) is 4.27. The minimum absolute atomic E-state index is 0.243. The molecule has 1 atom stereocenters. The lowest BCUT2D eigenvalue weighted by atomic mass is 10.2. The minimum atomic E-state index is -0.452. The number of rotatable bonds is 4. The highest BCUT2D eigenvalue weighted by atomic mass is 16.7. The third-order valence-electron chi connectivity index (χ3n) is 2.98. The Morgan fingerprint density at radius 2 is 2.16 bits per heavy atom. The van der Waals surface area contributed by atoms with Crippen molar-refractivity contribution in [1.82, 2.24) is 0 Å². The van der Waals surface area contributed by atoms with Crippen molar-refractivity contribution < 1.29 is 23.7 Å². The van der Waals surface area contributed by atoms with Gasteiger partial charge in [-0.1, -0.05) is 0 Å².